The predicted octanol–water partition coefficient (Wildman–Crippen LogP) is 5.83. The van der Waals surface area contributed by atoms with Gasteiger partial charge in [0.2, 0.25) is 0 Å². The summed E-state index contributed by atoms with van der Waals surface area (Å²) in [7, 11) is 0. The van der Waals surface area contributed by atoms with Crippen molar-refractivity contribution >= 4 is 0 Å². The predicted molar refractivity (Wildman–Crippen MR) is 125 cm³/mol. The lowest BCUT2D eigenvalue weighted by Crippen LogP contribution is -2.34. The fourth-order valence-corrected chi connectivity index (χ4v) is 5.00. The molecule has 4 rings (SSSR count). The third-order valence-electron chi connectivity index (χ3n) is 6.69. The zero-order valence-electron chi connectivity index (χ0n) is 18.7. The minimum absolute atomic E-state index is 0.282. The Balaban J connectivity index is 1.48. The fourth-order valence-electron chi connectivity index (χ4n) is 5.00. The molecule has 0 radical (unpaired) electrons. The first-order valence-corrected chi connectivity index (χ1v) is 12.1. The summed E-state index contributed by atoms with van der Waals surface area (Å²) in [5.74, 6) is 1.06. The second-order valence-electron chi connectivity index (χ2n) is 9.05. The average molecular weight is 407 g/mol. The maximum atomic E-state index is 6.39. The van der Waals surface area contributed by atoms with Crippen molar-refractivity contribution < 1.29 is 4.74 Å². The molecule has 3 heteroatoms. The van der Waals surface area contributed by atoms with Gasteiger partial charge in [0.15, 0.2) is 0 Å². The van der Waals surface area contributed by atoms with Gasteiger partial charge in [0.05, 0.1) is 12.6 Å². The Hall–Kier alpha value is -1.84. The van der Waals surface area contributed by atoms with E-state index in [1.54, 1.807) is 0 Å². The Labute approximate surface area is 183 Å². The number of likely N-dealkylation sites (tertiary alicyclic amines) is 2. The molecule has 0 N–H and O–H groups in total. The molecule has 0 saturated carbocycles. The molecule has 30 heavy (non-hydrogen) atoms. The highest BCUT2D eigenvalue weighted by Crippen LogP contribution is 2.36. The van der Waals surface area contributed by atoms with Gasteiger partial charge in [0, 0.05) is 12.1 Å². The molecule has 1 atom stereocenters. The van der Waals surface area contributed by atoms with Crippen molar-refractivity contribution in [1.82, 2.24) is 9.80 Å². The Bertz CT molecular complexity index is 761. The van der Waals surface area contributed by atoms with E-state index in [1.165, 1.54) is 81.4 Å². The molecule has 2 fully saturated rings. The van der Waals surface area contributed by atoms with Crippen molar-refractivity contribution in [1.29, 1.82) is 0 Å². The van der Waals surface area contributed by atoms with Gasteiger partial charge in [-0.2, -0.15) is 0 Å². The summed E-state index contributed by atoms with van der Waals surface area (Å²) in [6, 6.07) is 18.1. The number of benzene rings is 2. The molecule has 2 aliphatic heterocycles. The van der Waals surface area contributed by atoms with Crippen LogP contribution in [0.4, 0.5) is 0 Å². The molecule has 0 amide bonds. The van der Waals surface area contributed by atoms with Crippen LogP contribution in [0.3, 0.4) is 0 Å². The van der Waals surface area contributed by atoms with Gasteiger partial charge in [-0.05, 0) is 76.8 Å². The van der Waals surface area contributed by atoms with Crippen molar-refractivity contribution in [3.63, 3.8) is 0 Å². The van der Waals surface area contributed by atoms with E-state index in [0.717, 1.165) is 25.3 Å². The summed E-state index contributed by atoms with van der Waals surface area (Å²) in [5.41, 5.74) is 4.02. The zero-order valence-corrected chi connectivity index (χ0v) is 18.7. The first kappa shape index (κ1) is 21.4. The van der Waals surface area contributed by atoms with Crippen LogP contribution >= 0.6 is 0 Å². The highest BCUT2D eigenvalue weighted by Gasteiger charge is 2.26. The number of ether oxygens (including phenoxy) is 1. The number of hydrogen-bond acceptors (Lipinski definition) is 3. The minimum atomic E-state index is 0.282. The Morgan fingerprint density at radius 3 is 2.20 bits per heavy atom. The maximum absolute atomic E-state index is 6.39. The molecular weight excluding hydrogens is 368 g/mol. The van der Waals surface area contributed by atoms with Crippen molar-refractivity contribution in [2.75, 3.05) is 39.3 Å². The molecule has 0 bridgehead atoms. The van der Waals surface area contributed by atoms with Gasteiger partial charge in [-0.3, -0.25) is 4.90 Å². The van der Waals surface area contributed by atoms with Crippen LogP contribution in [0.1, 0.15) is 67.7 Å². The molecule has 2 aromatic carbocycles. The third-order valence-corrected chi connectivity index (χ3v) is 6.69. The maximum Gasteiger partial charge on any atom is 0.124 e. The van der Waals surface area contributed by atoms with Crippen LogP contribution < -0.4 is 4.74 Å². The third kappa shape index (κ3) is 5.65. The lowest BCUT2D eigenvalue weighted by Gasteiger charge is -2.36. The van der Waals surface area contributed by atoms with Crippen molar-refractivity contribution in [3.8, 4) is 5.75 Å². The Morgan fingerprint density at radius 1 is 0.800 bits per heavy atom. The van der Waals surface area contributed by atoms with Gasteiger partial charge in [-0.1, -0.05) is 60.9 Å². The van der Waals surface area contributed by atoms with Crippen molar-refractivity contribution in [3.05, 3.63) is 65.2 Å². The fraction of sp³-hybridized carbons (Fsp3) is 0.556. The Kier molecular flexibility index (Phi) is 7.82. The van der Waals surface area contributed by atoms with E-state index in [0.29, 0.717) is 0 Å². The summed E-state index contributed by atoms with van der Waals surface area (Å²) >= 11 is 0. The van der Waals surface area contributed by atoms with Gasteiger partial charge in [0.25, 0.3) is 0 Å². The van der Waals surface area contributed by atoms with Crippen molar-refractivity contribution in [2.24, 2.45) is 0 Å². The number of piperidine rings is 2. The van der Waals surface area contributed by atoms with E-state index in [9.17, 15) is 0 Å². The molecule has 162 valence electrons. The summed E-state index contributed by atoms with van der Waals surface area (Å²) in [6.45, 7) is 8.99. The summed E-state index contributed by atoms with van der Waals surface area (Å²) in [6.07, 6.45) is 9.16. The average Bonchev–Trinajstić information content (AvgIpc) is 2.80. The summed E-state index contributed by atoms with van der Waals surface area (Å²) in [5, 5.41) is 0. The molecule has 0 spiro atoms. The van der Waals surface area contributed by atoms with Gasteiger partial charge >= 0.3 is 0 Å². The van der Waals surface area contributed by atoms with Crippen molar-refractivity contribution in [2.45, 2.75) is 57.9 Å². The van der Waals surface area contributed by atoms with Gasteiger partial charge in [-0.15, -0.1) is 0 Å². The standard InChI is InChI=1S/C27H38N2O/c1-23-13-15-24(16-14-23)27(29-20-8-3-9-21-29)25-11-4-5-12-26(25)30-22-10-19-28-17-6-2-7-18-28/h4-5,11-16,27H,2-3,6-10,17-22H2,1H3. The van der Waals surface area contributed by atoms with Gasteiger partial charge in [0.1, 0.15) is 5.75 Å². The number of rotatable bonds is 8. The smallest absolute Gasteiger partial charge is 0.124 e. The van der Waals surface area contributed by atoms with Gasteiger partial charge < -0.3 is 9.64 Å². The van der Waals surface area contributed by atoms with Gasteiger partial charge in [-0.25, -0.2) is 0 Å². The molecule has 0 aromatic heterocycles. The highest BCUT2D eigenvalue weighted by molar-refractivity contribution is 5.42. The second kappa shape index (κ2) is 11.0. The Morgan fingerprint density at radius 2 is 1.47 bits per heavy atom. The second-order valence-corrected chi connectivity index (χ2v) is 9.05. The normalized spacial score (nSPS) is 19.5. The van der Waals surface area contributed by atoms with E-state index in [-0.39, 0.29) is 6.04 Å². The van der Waals surface area contributed by atoms with Crippen LogP contribution in [0.5, 0.6) is 5.75 Å². The van der Waals surface area contributed by atoms with Crippen LogP contribution in [0.2, 0.25) is 0 Å². The molecule has 0 aliphatic carbocycles. The molecule has 2 aromatic rings. The molecule has 2 aliphatic rings. The molecule has 2 saturated heterocycles. The number of nitrogens with zero attached hydrogens (tertiary/aromatic N) is 2. The topological polar surface area (TPSA) is 15.7 Å². The molecule has 1 unspecified atom stereocenters. The van der Waals surface area contributed by atoms with E-state index in [1.807, 2.05) is 0 Å². The summed E-state index contributed by atoms with van der Waals surface area (Å²) < 4.78 is 6.39. The number of aryl methyl sites for hydroxylation is 1. The minimum Gasteiger partial charge on any atom is -0.493 e. The van der Waals surface area contributed by atoms with Crippen LogP contribution in [-0.2, 0) is 0 Å². The van der Waals surface area contributed by atoms with E-state index >= 15 is 0 Å². The lowest BCUT2D eigenvalue weighted by molar-refractivity contribution is 0.180. The molecular formula is C27H38N2O. The molecule has 3 nitrogen and oxygen atoms in total. The largest absolute Gasteiger partial charge is 0.493 e. The number of hydrogen-bond donors (Lipinski definition) is 0. The highest BCUT2D eigenvalue weighted by atomic mass is 16.5. The first-order valence-electron chi connectivity index (χ1n) is 12.1. The van der Waals surface area contributed by atoms with E-state index in [2.05, 4.69) is 65.3 Å². The van der Waals surface area contributed by atoms with Crippen LogP contribution in [0, 0.1) is 6.92 Å². The first-order chi connectivity index (χ1) is 14.8. The molecule has 2 heterocycles. The van der Waals surface area contributed by atoms with Crippen LogP contribution in [0.25, 0.3) is 0 Å². The van der Waals surface area contributed by atoms with Crippen LogP contribution in [0.15, 0.2) is 48.5 Å². The van der Waals surface area contributed by atoms with Crippen LogP contribution in [-0.4, -0.2) is 49.1 Å². The van der Waals surface area contributed by atoms with E-state index < -0.39 is 0 Å². The monoisotopic (exact) mass is 406 g/mol. The lowest BCUT2D eigenvalue weighted by atomic mass is 9.93. The quantitative estimate of drug-likeness (QED) is 0.513. The summed E-state index contributed by atoms with van der Waals surface area (Å²) in [4.78, 5) is 5.26. The zero-order chi connectivity index (χ0) is 20.6. The SMILES string of the molecule is Cc1ccc(C(c2ccccc2OCCCN2CCCCC2)N2CCCCC2)cc1. The number of para-hydroxylation sites is 1. The van der Waals surface area contributed by atoms with E-state index in [4.69, 9.17) is 4.74 Å².